The normalized spacial score (nSPS) is 11.6. The van der Waals surface area contributed by atoms with E-state index in [1.54, 1.807) is 6.92 Å². The molecule has 0 bridgehead atoms. The Morgan fingerprint density at radius 3 is 2.57 bits per heavy atom. The van der Waals surface area contributed by atoms with Gasteiger partial charge < -0.3 is 19.9 Å². The molecule has 0 aliphatic heterocycles. The van der Waals surface area contributed by atoms with Crippen LogP contribution in [0.25, 0.3) is 0 Å². The van der Waals surface area contributed by atoms with Gasteiger partial charge >= 0.3 is 12.1 Å². The van der Waals surface area contributed by atoms with Crippen molar-refractivity contribution < 1.29 is 24.2 Å². The molecule has 0 spiro atoms. The summed E-state index contributed by atoms with van der Waals surface area (Å²) in [6.07, 6.45) is -0.620. The smallest absolute Gasteiger partial charge is 0.407 e. The lowest BCUT2D eigenvalue weighted by atomic mass is 10.2. The van der Waals surface area contributed by atoms with Gasteiger partial charge in [0.2, 0.25) is 0 Å². The first-order chi connectivity index (χ1) is 6.65. The van der Waals surface area contributed by atoms with Crippen molar-refractivity contribution in [3.05, 3.63) is 0 Å². The molecule has 0 aromatic heterocycles. The molecule has 6 heteroatoms. The Morgan fingerprint density at radius 1 is 1.50 bits per heavy atom. The Labute approximate surface area is 82.2 Å². The van der Waals surface area contributed by atoms with Crippen molar-refractivity contribution >= 4 is 12.1 Å². The monoisotopic (exact) mass is 205 g/mol. The van der Waals surface area contributed by atoms with Crippen molar-refractivity contribution in [1.29, 1.82) is 0 Å². The second kappa shape index (κ2) is 7.14. The van der Waals surface area contributed by atoms with Gasteiger partial charge in [0.05, 0.1) is 13.7 Å². The van der Waals surface area contributed by atoms with Crippen molar-refractivity contribution in [3.8, 4) is 0 Å². The Bertz CT molecular complexity index is 194. The zero-order valence-corrected chi connectivity index (χ0v) is 8.28. The number of nitrogens with one attached hydrogen (secondary N) is 1. The van der Waals surface area contributed by atoms with E-state index in [9.17, 15) is 9.59 Å². The van der Waals surface area contributed by atoms with E-state index in [4.69, 9.17) is 5.11 Å². The predicted octanol–water partition coefficient (Wildman–Crippen LogP) is -0.344. The SMILES string of the molecule is CCOC(=O)[C@H](CCO)NC(=O)OC. The summed E-state index contributed by atoms with van der Waals surface area (Å²) in [7, 11) is 1.19. The number of methoxy groups -OCH3 is 1. The van der Waals surface area contributed by atoms with Crippen LogP contribution in [0.2, 0.25) is 0 Å². The Hall–Kier alpha value is -1.30. The summed E-state index contributed by atoms with van der Waals surface area (Å²) in [5.41, 5.74) is 0. The van der Waals surface area contributed by atoms with Gasteiger partial charge in [-0.15, -0.1) is 0 Å². The summed E-state index contributed by atoms with van der Waals surface area (Å²) < 4.78 is 9.00. The highest BCUT2D eigenvalue weighted by molar-refractivity contribution is 5.81. The van der Waals surface area contributed by atoms with E-state index in [2.05, 4.69) is 14.8 Å². The van der Waals surface area contributed by atoms with Crippen LogP contribution in [-0.2, 0) is 14.3 Å². The highest BCUT2D eigenvalue weighted by Gasteiger charge is 2.21. The van der Waals surface area contributed by atoms with Crippen LogP contribution in [0.5, 0.6) is 0 Å². The van der Waals surface area contributed by atoms with Crippen LogP contribution in [-0.4, -0.2) is 43.5 Å². The number of hydrogen-bond donors (Lipinski definition) is 2. The molecule has 14 heavy (non-hydrogen) atoms. The molecule has 1 atom stereocenters. The van der Waals surface area contributed by atoms with Gasteiger partial charge in [0.1, 0.15) is 6.04 Å². The van der Waals surface area contributed by atoms with Gasteiger partial charge in [0, 0.05) is 13.0 Å². The van der Waals surface area contributed by atoms with E-state index in [1.165, 1.54) is 7.11 Å². The van der Waals surface area contributed by atoms with E-state index in [-0.39, 0.29) is 19.6 Å². The zero-order chi connectivity index (χ0) is 11.0. The van der Waals surface area contributed by atoms with Crippen LogP contribution >= 0.6 is 0 Å². The summed E-state index contributed by atoms with van der Waals surface area (Å²) in [4.78, 5) is 22.0. The topological polar surface area (TPSA) is 84.9 Å². The number of rotatable bonds is 5. The highest BCUT2D eigenvalue weighted by atomic mass is 16.5. The third-order valence-corrected chi connectivity index (χ3v) is 1.47. The van der Waals surface area contributed by atoms with Gasteiger partial charge in [0.15, 0.2) is 0 Å². The van der Waals surface area contributed by atoms with Gasteiger partial charge in [-0.2, -0.15) is 0 Å². The molecule has 2 N–H and O–H groups in total. The molecule has 0 aromatic rings. The average Bonchev–Trinajstić information content (AvgIpc) is 2.17. The van der Waals surface area contributed by atoms with E-state index in [0.29, 0.717) is 0 Å². The lowest BCUT2D eigenvalue weighted by Gasteiger charge is -2.14. The molecule has 0 aromatic carbocycles. The van der Waals surface area contributed by atoms with Gasteiger partial charge in [0.25, 0.3) is 0 Å². The number of hydrogen-bond acceptors (Lipinski definition) is 5. The number of aliphatic hydroxyl groups excluding tert-OH is 1. The maximum Gasteiger partial charge on any atom is 0.407 e. The number of ether oxygens (including phenoxy) is 2. The lowest BCUT2D eigenvalue weighted by Crippen LogP contribution is -2.42. The molecular weight excluding hydrogens is 190 g/mol. The maximum atomic E-state index is 11.2. The largest absolute Gasteiger partial charge is 0.464 e. The van der Waals surface area contributed by atoms with Crippen molar-refractivity contribution in [2.75, 3.05) is 20.3 Å². The van der Waals surface area contributed by atoms with Crippen LogP contribution in [0, 0.1) is 0 Å². The van der Waals surface area contributed by atoms with Crippen LogP contribution in [0.4, 0.5) is 4.79 Å². The van der Waals surface area contributed by atoms with Crippen LogP contribution in [0.3, 0.4) is 0 Å². The minimum Gasteiger partial charge on any atom is -0.464 e. The molecule has 82 valence electrons. The molecule has 0 saturated carbocycles. The molecule has 0 rings (SSSR count). The summed E-state index contributed by atoms with van der Waals surface area (Å²) in [6.45, 7) is 1.67. The number of carbonyl (C=O) groups excluding carboxylic acids is 2. The fourth-order valence-corrected chi connectivity index (χ4v) is 0.822. The number of alkyl carbamates (subject to hydrolysis) is 1. The molecule has 6 nitrogen and oxygen atoms in total. The molecular formula is C8H15NO5. The number of aliphatic hydroxyl groups is 1. The van der Waals surface area contributed by atoms with Crippen molar-refractivity contribution in [2.45, 2.75) is 19.4 Å². The molecule has 0 saturated heterocycles. The fraction of sp³-hybridized carbons (Fsp3) is 0.750. The Kier molecular flexibility index (Phi) is 6.47. The molecule has 0 heterocycles. The molecule has 1 amide bonds. The first-order valence-corrected chi connectivity index (χ1v) is 4.27. The predicted molar refractivity (Wildman–Crippen MR) is 47.7 cm³/mol. The van der Waals surface area contributed by atoms with Crippen LogP contribution in [0.1, 0.15) is 13.3 Å². The minimum atomic E-state index is -0.854. The van der Waals surface area contributed by atoms with E-state index in [1.807, 2.05) is 0 Å². The van der Waals surface area contributed by atoms with Crippen molar-refractivity contribution in [1.82, 2.24) is 5.32 Å². The second-order valence-corrected chi connectivity index (χ2v) is 2.45. The van der Waals surface area contributed by atoms with Gasteiger partial charge in [-0.3, -0.25) is 0 Å². The highest BCUT2D eigenvalue weighted by Crippen LogP contribution is 1.95. The molecule has 0 unspecified atom stereocenters. The first kappa shape index (κ1) is 12.7. The Morgan fingerprint density at radius 2 is 2.14 bits per heavy atom. The van der Waals surface area contributed by atoms with E-state index >= 15 is 0 Å². The first-order valence-electron chi connectivity index (χ1n) is 4.27. The van der Waals surface area contributed by atoms with E-state index < -0.39 is 18.1 Å². The summed E-state index contributed by atoms with van der Waals surface area (Å²) in [6, 6.07) is -0.854. The minimum absolute atomic E-state index is 0.105. The van der Waals surface area contributed by atoms with Gasteiger partial charge in [-0.1, -0.05) is 0 Å². The third-order valence-electron chi connectivity index (χ3n) is 1.47. The van der Waals surface area contributed by atoms with Gasteiger partial charge in [-0.05, 0) is 6.92 Å². The standard InChI is InChI=1S/C8H15NO5/c1-3-14-7(11)6(4-5-10)9-8(12)13-2/h6,10H,3-5H2,1-2H3,(H,9,12)/t6-/m0/s1. The van der Waals surface area contributed by atoms with Crippen molar-refractivity contribution in [3.63, 3.8) is 0 Å². The second-order valence-electron chi connectivity index (χ2n) is 2.45. The van der Waals surface area contributed by atoms with Crippen LogP contribution < -0.4 is 5.32 Å². The molecule has 0 aliphatic rings. The summed E-state index contributed by atoms with van der Waals surface area (Å²) >= 11 is 0. The summed E-state index contributed by atoms with van der Waals surface area (Å²) in [5.74, 6) is -0.577. The average molecular weight is 205 g/mol. The molecule has 0 fully saturated rings. The van der Waals surface area contributed by atoms with Crippen LogP contribution in [0.15, 0.2) is 0 Å². The van der Waals surface area contributed by atoms with E-state index in [0.717, 1.165) is 0 Å². The molecule has 0 radical (unpaired) electrons. The molecule has 0 aliphatic carbocycles. The zero-order valence-electron chi connectivity index (χ0n) is 8.28. The number of carbonyl (C=O) groups is 2. The van der Waals surface area contributed by atoms with Crippen molar-refractivity contribution in [2.24, 2.45) is 0 Å². The van der Waals surface area contributed by atoms with Gasteiger partial charge in [-0.25, -0.2) is 9.59 Å². The fourth-order valence-electron chi connectivity index (χ4n) is 0.822. The number of amides is 1. The maximum absolute atomic E-state index is 11.2. The summed E-state index contributed by atoms with van der Waals surface area (Å²) in [5, 5.41) is 10.9. The quantitative estimate of drug-likeness (QED) is 0.599. The number of esters is 1. The third kappa shape index (κ3) is 4.66. The lowest BCUT2D eigenvalue weighted by molar-refractivity contribution is -0.145. The Balaban J connectivity index is 4.13.